The third-order valence-corrected chi connectivity index (χ3v) is 8.56. The molecule has 2 aromatic rings. The Balaban J connectivity index is 1.75. The van der Waals surface area contributed by atoms with E-state index in [2.05, 4.69) is 10.6 Å². The molecular weight excluding hydrogens is 585 g/mol. The second-order valence-corrected chi connectivity index (χ2v) is 13.5. The molecule has 12 heteroatoms. The van der Waals surface area contributed by atoms with Crippen LogP contribution in [0.3, 0.4) is 0 Å². The Labute approximate surface area is 256 Å². The molecule has 2 saturated heterocycles. The zero-order valence-electron chi connectivity index (χ0n) is 24.1. The van der Waals surface area contributed by atoms with E-state index in [1.54, 1.807) is 42.3 Å². The summed E-state index contributed by atoms with van der Waals surface area (Å²) in [5.74, 6) is 0.192. The molecule has 9 nitrogen and oxygen atoms in total. The number of hydrogen-bond acceptors (Lipinski definition) is 6. The highest BCUT2D eigenvalue weighted by molar-refractivity contribution is 7.97. The number of nitrogens with zero attached hydrogens (tertiary/aromatic N) is 3. The number of carbonyl (C=O) groups excluding carboxylic acids is 3. The van der Waals surface area contributed by atoms with Gasteiger partial charge in [0.2, 0.25) is 11.8 Å². The molecule has 2 N–H and O–H groups in total. The number of urea groups is 1. The summed E-state index contributed by atoms with van der Waals surface area (Å²) >= 11 is 13.8. The molecule has 222 valence electrons. The van der Waals surface area contributed by atoms with Crippen molar-refractivity contribution in [3.63, 3.8) is 0 Å². The molecule has 41 heavy (non-hydrogen) atoms. The van der Waals surface area contributed by atoms with Crippen LogP contribution in [-0.4, -0.2) is 82.0 Å². The monoisotopic (exact) mass is 621 g/mol. The first-order valence-electron chi connectivity index (χ1n) is 13.5. The molecule has 4 amide bonds. The molecule has 3 unspecified atom stereocenters. The number of amides is 4. The van der Waals surface area contributed by atoms with Crippen molar-refractivity contribution >= 4 is 53.0 Å². The van der Waals surface area contributed by atoms with Gasteiger partial charge in [-0.3, -0.25) is 9.59 Å². The van der Waals surface area contributed by atoms with E-state index in [4.69, 9.17) is 27.9 Å². The summed E-state index contributed by atoms with van der Waals surface area (Å²) < 4.78 is 7.63. The van der Waals surface area contributed by atoms with Crippen molar-refractivity contribution in [2.45, 2.75) is 75.8 Å². The van der Waals surface area contributed by atoms with Crippen molar-refractivity contribution in [3.05, 3.63) is 58.1 Å². The maximum Gasteiger partial charge on any atom is 0.315 e. The van der Waals surface area contributed by atoms with Gasteiger partial charge in [-0.1, -0.05) is 35.3 Å². The van der Waals surface area contributed by atoms with Gasteiger partial charge in [-0.2, -0.15) is 0 Å². The fourth-order valence-corrected chi connectivity index (χ4v) is 6.60. The smallest absolute Gasteiger partial charge is 0.315 e. The van der Waals surface area contributed by atoms with Crippen molar-refractivity contribution < 1.29 is 19.1 Å². The Morgan fingerprint density at radius 2 is 1.71 bits per heavy atom. The molecule has 0 bridgehead atoms. The number of rotatable bonds is 7. The van der Waals surface area contributed by atoms with Gasteiger partial charge in [-0.05, 0) is 82.5 Å². The zero-order valence-corrected chi connectivity index (χ0v) is 26.4. The Hall–Kier alpha value is -2.66. The molecule has 2 aliphatic rings. The number of fused-ring (bicyclic) bond motifs is 1. The molecule has 3 atom stereocenters. The van der Waals surface area contributed by atoms with E-state index in [-0.39, 0.29) is 24.4 Å². The summed E-state index contributed by atoms with van der Waals surface area (Å²) in [4.78, 5) is 45.2. The van der Waals surface area contributed by atoms with Crippen LogP contribution in [0.25, 0.3) is 0 Å². The first-order chi connectivity index (χ1) is 19.3. The van der Waals surface area contributed by atoms with E-state index in [0.29, 0.717) is 28.8 Å². The van der Waals surface area contributed by atoms with Gasteiger partial charge in [-0.15, -0.1) is 0 Å². The highest BCUT2D eigenvalue weighted by atomic mass is 35.5. The van der Waals surface area contributed by atoms with Crippen molar-refractivity contribution in [1.29, 1.82) is 0 Å². The number of carbonyl (C=O) groups is 3. The largest absolute Gasteiger partial charge is 0.496 e. The number of methoxy groups -OCH3 is 1. The number of ether oxygens (including phenoxy) is 1. The Morgan fingerprint density at radius 1 is 1.05 bits per heavy atom. The summed E-state index contributed by atoms with van der Waals surface area (Å²) in [5, 5.41) is 6.86. The maximum atomic E-state index is 14.1. The van der Waals surface area contributed by atoms with E-state index in [1.807, 2.05) is 56.0 Å². The van der Waals surface area contributed by atoms with Crippen molar-refractivity contribution in [2.75, 3.05) is 20.2 Å². The molecule has 2 fully saturated rings. The minimum atomic E-state index is -0.891. The van der Waals surface area contributed by atoms with Gasteiger partial charge in [0.1, 0.15) is 24.0 Å². The van der Waals surface area contributed by atoms with Crippen molar-refractivity contribution in [1.82, 2.24) is 24.7 Å². The molecule has 4 rings (SSSR count). The molecule has 2 aliphatic heterocycles. The molecular formula is C29H37Cl2N5O4S. The third-order valence-electron chi connectivity index (χ3n) is 6.93. The van der Waals surface area contributed by atoms with E-state index in [1.165, 1.54) is 11.9 Å². The molecule has 0 aliphatic carbocycles. The van der Waals surface area contributed by atoms with Crippen LogP contribution in [0.5, 0.6) is 5.75 Å². The summed E-state index contributed by atoms with van der Waals surface area (Å²) in [6, 6.07) is 10.4. The molecule has 2 aromatic carbocycles. The number of piperazine rings is 1. The Kier molecular flexibility index (Phi) is 9.68. The standard InChI is InChI=1S/C29H37Cl2N5O4S/c1-17(2)34-16-25-35(41-24-14-20(31)11-12-23(24)40-6)15-21(32-28(39)33-29(3,4)5)26(37)36(25)22(27(34)38)13-18-7-9-19(30)10-8-18/h7-12,14,17,21-22,25H,13,15-16H2,1-6H3,(H2,32,33,39). The highest BCUT2D eigenvalue weighted by Gasteiger charge is 2.51. The fraction of sp³-hybridized carbons (Fsp3) is 0.483. The lowest BCUT2D eigenvalue weighted by molar-refractivity contribution is -0.168. The van der Waals surface area contributed by atoms with Gasteiger partial charge >= 0.3 is 6.03 Å². The van der Waals surface area contributed by atoms with E-state index < -0.39 is 29.8 Å². The third kappa shape index (κ3) is 7.41. The lowest BCUT2D eigenvalue weighted by Crippen LogP contribution is -2.75. The number of nitrogens with one attached hydrogen (secondary N) is 2. The van der Waals surface area contributed by atoms with Crippen molar-refractivity contribution in [2.24, 2.45) is 0 Å². The summed E-state index contributed by atoms with van der Waals surface area (Å²) in [6.07, 6.45) is -0.154. The predicted octanol–water partition coefficient (Wildman–Crippen LogP) is 4.81. The normalized spacial score (nSPS) is 21.6. The van der Waals surface area contributed by atoms with Gasteiger partial charge in [0, 0.05) is 34.6 Å². The second kappa shape index (κ2) is 12.7. The van der Waals surface area contributed by atoms with Crippen LogP contribution in [0.2, 0.25) is 10.0 Å². The van der Waals surface area contributed by atoms with Gasteiger partial charge in [0.15, 0.2) is 0 Å². The average molecular weight is 623 g/mol. The van der Waals surface area contributed by atoms with Crippen LogP contribution in [-0.2, 0) is 16.0 Å². The maximum absolute atomic E-state index is 14.1. The number of hydrogen-bond donors (Lipinski definition) is 2. The number of benzene rings is 2. The lowest BCUT2D eigenvalue weighted by atomic mass is 9.96. The lowest BCUT2D eigenvalue weighted by Gasteiger charge is -2.54. The number of halogens is 2. The summed E-state index contributed by atoms with van der Waals surface area (Å²) in [5.41, 5.74) is 0.379. The van der Waals surface area contributed by atoms with Crippen molar-refractivity contribution in [3.8, 4) is 5.75 Å². The molecule has 0 spiro atoms. The van der Waals surface area contributed by atoms with Crippen LogP contribution >= 0.6 is 35.1 Å². The van der Waals surface area contributed by atoms with Gasteiger partial charge in [-0.25, -0.2) is 9.10 Å². The van der Waals surface area contributed by atoms with Crippen LogP contribution in [0, 0.1) is 0 Å². The molecule has 0 aromatic heterocycles. The Morgan fingerprint density at radius 3 is 2.32 bits per heavy atom. The second-order valence-electron chi connectivity index (χ2n) is 11.5. The van der Waals surface area contributed by atoms with E-state index in [9.17, 15) is 14.4 Å². The first-order valence-corrected chi connectivity index (χ1v) is 15.0. The van der Waals surface area contributed by atoms with Crippen LogP contribution in [0.1, 0.15) is 40.2 Å². The SMILES string of the molecule is COc1ccc(Cl)cc1SN1CC(NC(=O)NC(C)(C)C)C(=O)N2C(Cc3ccc(Cl)cc3)C(=O)N(C(C)C)CC12. The first kappa shape index (κ1) is 31.3. The van der Waals surface area contributed by atoms with Crippen LogP contribution in [0.15, 0.2) is 47.4 Å². The minimum absolute atomic E-state index is 0.0755. The van der Waals surface area contributed by atoms with E-state index in [0.717, 1.165) is 10.5 Å². The topological polar surface area (TPSA) is 94.2 Å². The Bertz CT molecular complexity index is 1290. The average Bonchev–Trinajstić information content (AvgIpc) is 2.88. The van der Waals surface area contributed by atoms with E-state index >= 15 is 0 Å². The summed E-state index contributed by atoms with van der Waals surface area (Å²) in [6.45, 7) is 10.1. The van der Waals surface area contributed by atoms with Crippen LogP contribution in [0.4, 0.5) is 4.79 Å². The highest BCUT2D eigenvalue weighted by Crippen LogP contribution is 2.39. The quantitative estimate of drug-likeness (QED) is 0.431. The van der Waals surface area contributed by atoms with Crippen LogP contribution < -0.4 is 15.4 Å². The molecule has 0 radical (unpaired) electrons. The summed E-state index contributed by atoms with van der Waals surface area (Å²) in [7, 11) is 1.59. The minimum Gasteiger partial charge on any atom is -0.496 e. The molecule has 2 heterocycles. The van der Waals surface area contributed by atoms with Gasteiger partial charge in [0.05, 0.1) is 18.6 Å². The van der Waals surface area contributed by atoms with Gasteiger partial charge < -0.3 is 25.2 Å². The van der Waals surface area contributed by atoms with Gasteiger partial charge in [0.25, 0.3) is 0 Å². The fourth-order valence-electron chi connectivity index (χ4n) is 5.05. The zero-order chi connectivity index (χ0) is 30.1. The predicted molar refractivity (Wildman–Crippen MR) is 162 cm³/mol. The molecule has 0 saturated carbocycles.